The van der Waals surface area contributed by atoms with Gasteiger partial charge in [-0.25, -0.2) is 4.79 Å². The zero-order valence-corrected chi connectivity index (χ0v) is 11.0. The summed E-state index contributed by atoms with van der Waals surface area (Å²) in [5, 5.41) is 14.8. The highest BCUT2D eigenvalue weighted by molar-refractivity contribution is 8.00. The van der Waals surface area contributed by atoms with Gasteiger partial charge in [0.2, 0.25) is 0 Å². The molecule has 0 spiro atoms. The van der Waals surface area contributed by atoms with Crippen molar-refractivity contribution in [3.05, 3.63) is 0 Å². The smallest absolute Gasteiger partial charge is 0.315 e. The summed E-state index contributed by atoms with van der Waals surface area (Å²) in [7, 11) is 0. The van der Waals surface area contributed by atoms with Crippen LogP contribution in [0.4, 0.5) is 4.79 Å². The molecule has 0 aromatic heterocycles. The molecule has 0 aromatic carbocycles. The number of amides is 2. The molecule has 3 N–H and O–H groups in total. The van der Waals surface area contributed by atoms with Crippen LogP contribution in [0.3, 0.4) is 0 Å². The van der Waals surface area contributed by atoms with Crippen molar-refractivity contribution in [1.29, 1.82) is 0 Å². The lowest BCUT2D eigenvalue weighted by Crippen LogP contribution is -2.36. The highest BCUT2D eigenvalue weighted by atomic mass is 35.5. The number of urea groups is 1. The third-order valence-corrected chi connectivity index (χ3v) is 4.58. The zero-order chi connectivity index (χ0) is 11.5. The van der Waals surface area contributed by atoms with Gasteiger partial charge in [-0.1, -0.05) is 6.42 Å². The van der Waals surface area contributed by atoms with E-state index in [1.54, 1.807) is 0 Å². The highest BCUT2D eigenvalue weighted by Crippen LogP contribution is 2.33. The Kier molecular flexibility index (Phi) is 5.39. The predicted octanol–water partition coefficient (Wildman–Crippen LogP) is 1.22. The van der Waals surface area contributed by atoms with Crippen LogP contribution < -0.4 is 10.6 Å². The first-order chi connectivity index (χ1) is 7.66. The van der Waals surface area contributed by atoms with Crippen molar-refractivity contribution in [2.75, 3.05) is 5.75 Å². The molecule has 0 unspecified atom stereocenters. The van der Waals surface area contributed by atoms with E-state index in [0.717, 1.165) is 25.0 Å². The number of carboxylic acids is 1. The van der Waals surface area contributed by atoms with Crippen molar-refractivity contribution in [3.8, 4) is 0 Å². The van der Waals surface area contributed by atoms with E-state index in [0.29, 0.717) is 5.25 Å². The van der Waals surface area contributed by atoms with Crippen LogP contribution in [0.25, 0.3) is 0 Å². The number of hydrogen-bond donors (Lipinski definition) is 3. The lowest BCUT2D eigenvalue weighted by atomic mass is 10.0. The highest BCUT2D eigenvalue weighted by Gasteiger charge is 2.42. The van der Waals surface area contributed by atoms with Gasteiger partial charge in [0.25, 0.3) is 0 Å². The Bertz CT molecular complexity index is 303. The number of halogens is 1. The number of carboxylic acid groups (broad SMARTS) is 1. The Labute approximate surface area is 111 Å². The first-order valence-electron chi connectivity index (χ1n) is 5.57. The van der Waals surface area contributed by atoms with Gasteiger partial charge in [-0.2, -0.15) is 11.8 Å². The summed E-state index contributed by atoms with van der Waals surface area (Å²) < 4.78 is 0. The summed E-state index contributed by atoms with van der Waals surface area (Å²) in [4.78, 5) is 21.5. The normalized spacial score (nSPS) is 30.1. The van der Waals surface area contributed by atoms with Gasteiger partial charge in [0.1, 0.15) is 0 Å². The van der Waals surface area contributed by atoms with Crippen LogP contribution in [0.2, 0.25) is 0 Å². The molecule has 0 aliphatic carbocycles. The van der Waals surface area contributed by atoms with Crippen molar-refractivity contribution >= 4 is 36.2 Å². The van der Waals surface area contributed by atoms with Gasteiger partial charge in [-0.3, -0.25) is 4.79 Å². The van der Waals surface area contributed by atoms with E-state index in [1.165, 1.54) is 0 Å². The molecule has 2 amide bonds. The largest absolute Gasteiger partial charge is 0.481 e. The van der Waals surface area contributed by atoms with Crippen molar-refractivity contribution < 1.29 is 14.7 Å². The van der Waals surface area contributed by atoms with Gasteiger partial charge >= 0.3 is 12.0 Å². The van der Waals surface area contributed by atoms with Crippen LogP contribution >= 0.6 is 24.2 Å². The quantitative estimate of drug-likeness (QED) is 0.523. The fraction of sp³-hybridized carbons (Fsp3) is 0.800. The Hall–Kier alpha value is -0.620. The molecular formula is C10H17ClN2O3S. The first kappa shape index (κ1) is 14.4. The topological polar surface area (TPSA) is 78.4 Å². The molecule has 0 saturated carbocycles. The number of rotatable bonds is 5. The van der Waals surface area contributed by atoms with Crippen LogP contribution in [0.1, 0.15) is 25.7 Å². The summed E-state index contributed by atoms with van der Waals surface area (Å²) >= 11 is 1.87. The summed E-state index contributed by atoms with van der Waals surface area (Å²) in [6.07, 6.45) is 2.88. The molecule has 0 aromatic rings. The minimum Gasteiger partial charge on any atom is -0.481 e. The minimum atomic E-state index is -0.729. The second-order valence-corrected chi connectivity index (χ2v) is 5.53. The molecular weight excluding hydrogens is 264 g/mol. The van der Waals surface area contributed by atoms with E-state index in [-0.39, 0.29) is 36.9 Å². The number of hydrogen-bond acceptors (Lipinski definition) is 3. The van der Waals surface area contributed by atoms with Crippen molar-refractivity contribution in [2.45, 2.75) is 43.0 Å². The SMILES string of the molecule is Cl.O=C(O)CCCC[C@@H]1SC[C@@H]2NC(=O)N[C@@H]21. The molecule has 5 nitrogen and oxygen atoms in total. The average Bonchev–Trinajstić information content (AvgIpc) is 2.72. The minimum absolute atomic E-state index is 0. The van der Waals surface area contributed by atoms with Crippen LogP contribution in [-0.2, 0) is 4.79 Å². The van der Waals surface area contributed by atoms with Gasteiger partial charge in [-0.15, -0.1) is 12.4 Å². The Balaban J connectivity index is 0.00000144. The maximum atomic E-state index is 11.1. The lowest BCUT2D eigenvalue weighted by Gasteiger charge is -2.16. The molecule has 0 radical (unpaired) electrons. The van der Waals surface area contributed by atoms with Gasteiger partial charge in [0.05, 0.1) is 12.1 Å². The van der Waals surface area contributed by atoms with Crippen LogP contribution in [0, 0.1) is 0 Å². The van der Waals surface area contributed by atoms with Gasteiger partial charge < -0.3 is 15.7 Å². The second-order valence-electron chi connectivity index (χ2n) is 4.26. The zero-order valence-electron chi connectivity index (χ0n) is 9.35. The van der Waals surface area contributed by atoms with Crippen LogP contribution in [0.5, 0.6) is 0 Å². The molecule has 17 heavy (non-hydrogen) atoms. The first-order valence-corrected chi connectivity index (χ1v) is 6.62. The molecule has 0 bridgehead atoms. The molecule has 98 valence electrons. The van der Waals surface area contributed by atoms with E-state index in [4.69, 9.17) is 5.11 Å². The number of nitrogens with one attached hydrogen (secondary N) is 2. The summed E-state index contributed by atoms with van der Waals surface area (Å²) in [6.45, 7) is 0. The summed E-state index contributed by atoms with van der Waals surface area (Å²) in [5.41, 5.74) is 0. The van der Waals surface area contributed by atoms with Crippen molar-refractivity contribution in [1.82, 2.24) is 10.6 Å². The number of thioether (sulfide) groups is 1. The van der Waals surface area contributed by atoms with Gasteiger partial charge in [0.15, 0.2) is 0 Å². The lowest BCUT2D eigenvalue weighted by molar-refractivity contribution is -0.137. The summed E-state index contributed by atoms with van der Waals surface area (Å²) in [6, 6.07) is 0.440. The number of carbonyl (C=O) groups excluding carboxylic acids is 1. The van der Waals surface area contributed by atoms with Gasteiger partial charge in [0, 0.05) is 17.4 Å². The molecule has 2 aliphatic heterocycles. The maximum absolute atomic E-state index is 11.1. The van der Waals surface area contributed by atoms with E-state index < -0.39 is 5.97 Å². The average molecular weight is 281 g/mol. The standard InChI is InChI=1S/C10H16N2O3S.ClH/c13-8(14)4-2-1-3-7-9-6(5-16-7)11-10(15)12-9;/h6-7,9H,1-5H2,(H,13,14)(H2,11,12,15);1H/t6-,7-,9-;/m0./s1. The number of fused-ring (bicyclic) bond motifs is 1. The summed E-state index contributed by atoms with van der Waals surface area (Å²) in [5.74, 6) is 0.236. The number of unbranched alkanes of at least 4 members (excludes halogenated alkanes) is 1. The van der Waals surface area contributed by atoms with Crippen molar-refractivity contribution in [2.24, 2.45) is 0 Å². The van der Waals surface area contributed by atoms with Crippen LogP contribution in [-0.4, -0.2) is 40.2 Å². The van der Waals surface area contributed by atoms with Crippen molar-refractivity contribution in [3.63, 3.8) is 0 Å². The molecule has 2 fully saturated rings. The number of carbonyl (C=O) groups is 2. The molecule has 2 heterocycles. The fourth-order valence-electron chi connectivity index (χ4n) is 2.26. The fourth-order valence-corrected chi connectivity index (χ4v) is 3.81. The second kappa shape index (κ2) is 6.35. The van der Waals surface area contributed by atoms with Crippen LogP contribution in [0.15, 0.2) is 0 Å². The molecule has 2 rings (SSSR count). The van der Waals surface area contributed by atoms with E-state index in [2.05, 4.69) is 10.6 Å². The molecule has 2 aliphatic rings. The van der Waals surface area contributed by atoms with E-state index in [9.17, 15) is 9.59 Å². The Morgan fingerprint density at radius 3 is 2.88 bits per heavy atom. The third kappa shape index (κ3) is 3.67. The predicted molar refractivity (Wildman–Crippen MR) is 68.8 cm³/mol. The molecule has 2 saturated heterocycles. The monoisotopic (exact) mass is 280 g/mol. The Morgan fingerprint density at radius 1 is 1.41 bits per heavy atom. The third-order valence-electron chi connectivity index (χ3n) is 3.07. The Morgan fingerprint density at radius 2 is 2.18 bits per heavy atom. The molecule has 7 heteroatoms. The molecule has 3 atom stereocenters. The van der Waals surface area contributed by atoms with Gasteiger partial charge in [-0.05, 0) is 12.8 Å². The maximum Gasteiger partial charge on any atom is 0.315 e. The number of aliphatic carboxylic acids is 1. The van der Waals surface area contributed by atoms with E-state index >= 15 is 0 Å². The van der Waals surface area contributed by atoms with E-state index in [1.807, 2.05) is 11.8 Å².